The van der Waals surface area contributed by atoms with Crippen LogP contribution in [-0.4, -0.2) is 52.3 Å². The minimum Gasteiger partial charge on any atom is -0.349 e. The van der Waals surface area contributed by atoms with Gasteiger partial charge in [0, 0.05) is 43.0 Å². The molecule has 2 saturated heterocycles. The molecule has 1 unspecified atom stereocenters. The summed E-state index contributed by atoms with van der Waals surface area (Å²) in [5.41, 5.74) is 1.37. The van der Waals surface area contributed by atoms with Gasteiger partial charge in [-0.1, -0.05) is 29.8 Å². The van der Waals surface area contributed by atoms with Gasteiger partial charge in [0.2, 0.25) is 5.91 Å². The Morgan fingerprint density at radius 2 is 2.04 bits per heavy atom. The van der Waals surface area contributed by atoms with Crippen LogP contribution in [0.1, 0.15) is 49.0 Å². The molecule has 1 atom stereocenters. The topological polar surface area (TPSA) is 56.4 Å². The highest BCUT2D eigenvalue weighted by atomic mass is 35.5. The van der Waals surface area contributed by atoms with Gasteiger partial charge < -0.3 is 14.8 Å². The molecule has 5 nitrogen and oxygen atoms in total. The van der Waals surface area contributed by atoms with Crippen LogP contribution in [0, 0.1) is 0 Å². The van der Waals surface area contributed by atoms with Gasteiger partial charge in [0.05, 0.1) is 5.02 Å². The highest BCUT2D eigenvalue weighted by molar-refractivity contribution is 6.38. The van der Waals surface area contributed by atoms with Crippen LogP contribution in [-0.2, 0) is 4.79 Å². The molecular formula is C20H24ClN3O2. The zero-order chi connectivity index (χ0) is 18.1. The molecule has 2 aliphatic rings. The summed E-state index contributed by atoms with van der Waals surface area (Å²) in [7, 11) is 0. The van der Waals surface area contributed by atoms with Crippen LogP contribution in [0.25, 0.3) is 10.9 Å². The second-order valence-electron chi connectivity index (χ2n) is 7.28. The van der Waals surface area contributed by atoms with Gasteiger partial charge in [0.1, 0.15) is 5.69 Å². The fourth-order valence-corrected chi connectivity index (χ4v) is 4.50. The average molecular weight is 374 g/mol. The van der Waals surface area contributed by atoms with Crippen molar-refractivity contribution in [3.8, 4) is 0 Å². The Balaban J connectivity index is 1.52. The first-order valence-corrected chi connectivity index (χ1v) is 9.88. The normalized spacial score (nSPS) is 21.0. The lowest BCUT2D eigenvalue weighted by Crippen LogP contribution is -2.45. The Kier molecular flexibility index (Phi) is 4.90. The second kappa shape index (κ2) is 7.31. The quantitative estimate of drug-likeness (QED) is 0.885. The highest BCUT2D eigenvalue weighted by Crippen LogP contribution is 2.30. The van der Waals surface area contributed by atoms with Crippen molar-refractivity contribution in [2.24, 2.45) is 0 Å². The van der Waals surface area contributed by atoms with E-state index in [0.717, 1.165) is 62.6 Å². The Morgan fingerprint density at radius 3 is 2.81 bits per heavy atom. The standard InChI is InChI=1S/C20H24ClN3O2/c21-18-15-7-1-2-8-16(15)22-19(18)20(26)24-12-4-3-6-14(24)10-13-23-11-5-9-17(23)25/h1-2,7-8,14,22H,3-6,9-13H2. The SMILES string of the molecule is O=C1CCCN1CCC1CCCCN1C(=O)c1[nH]c2ccccc2c1Cl. The zero-order valence-corrected chi connectivity index (χ0v) is 15.6. The maximum Gasteiger partial charge on any atom is 0.272 e. The number of carbonyl (C=O) groups excluding carboxylic acids is 2. The molecule has 138 valence electrons. The first-order valence-electron chi connectivity index (χ1n) is 9.50. The van der Waals surface area contributed by atoms with Crippen molar-refractivity contribution in [2.75, 3.05) is 19.6 Å². The predicted octanol–water partition coefficient (Wildman–Crippen LogP) is 3.83. The van der Waals surface area contributed by atoms with Crippen LogP contribution >= 0.6 is 11.6 Å². The molecule has 2 amide bonds. The number of aromatic amines is 1. The molecule has 0 spiro atoms. The van der Waals surface area contributed by atoms with Crippen LogP contribution in [0.3, 0.4) is 0 Å². The molecule has 6 heteroatoms. The molecule has 2 aliphatic heterocycles. The molecule has 2 fully saturated rings. The first kappa shape index (κ1) is 17.4. The van der Waals surface area contributed by atoms with Crippen LogP contribution in [0.15, 0.2) is 24.3 Å². The van der Waals surface area contributed by atoms with Crippen LogP contribution in [0.4, 0.5) is 0 Å². The molecule has 4 rings (SSSR count). The van der Waals surface area contributed by atoms with Crippen molar-refractivity contribution in [1.82, 2.24) is 14.8 Å². The van der Waals surface area contributed by atoms with Gasteiger partial charge in [-0.15, -0.1) is 0 Å². The van der Waals surface area contributed by atoms with Crippen molar-refractivity contribution < 1.29 is 9.59 Å². The van der Waals surface area contributed by atoms with Crippen molar-refractivity contribution in [1.29, 1.82) is 0 Å². The van der Waals surface area contributed by atoms with E-state index in [1.807, 2.05) is 34.1 Å². The molecule has 1 N–H and O–H groups in total. The molecule has 0 saturated carbocycles. The largest absolute Gasteiger partial charge is 0.349 e. The van der Waals surface area contributed by atoms with E-state index in [4.69, 9.17) is 11.6 Å². The fourth-order valence-electron chi connectivity index (χ4n) is 4.21. The molecule has 0 radical (unpaired) electrons. The third kappa shape index (κ3) is 3.20. The molecule has 3 heterocycles. The number of rotatable bonds is 4. The number of fused-ring (bicyclic) bond motifs is 1. The highest BCUT2D eigenvalue weighted by Gasteiger charge is 2.31. The van der Waals surface area contributed by atoms with E-state index in [1.54, 1.807) is 0 Å². The van der Waals surface area contributed by atoms with Gasteiger partial charge in [0.25, 0.3) is 5.91 Å². The Bertz CT molecular complexity index is 832. The van der Waals surface area contributed by atoms with Gasteiger partial charge in [-0.2, -0.15) is 0 Å². The molecular weight excluding hydrogens is 350 g/mol. The second-order valence-corrected chi connectivity index (χ2v) is 7.66. The molecule has 2 aromatic rings. The smallest absolute Gasteiger partial charge is 0.272 e. The zero-order valence-electron chi connectivity index (χ0n) is 14.8. The number of likely N-dealkylation sites (tertiary alicyclic amines) is 2. The van der Waals surface area contributed by atoms with Crippen molar-refractivity contribution in [3.63, 3.8) is 0 Å². The minimum absolute atomic E-state index is 0.0244. The minimum atomic E-state index is -0.0244. The summed E-state index contributed by atoms with van der Waals surface area (Å²) >= 11 is 6.49. The number of para-hydroxylation sites is 1. The van der Waals surface area contributed by atoms with Crippen LogP contribution in [0.2, 0.25) is 5.02 Å². The Morgan fingerprint density at radius 1 is 1.19 bits per heavy atom. The number of hydrogen-bond donors (Lipinski definition) is 1. The molecule has 1 aromatic heterocycles. The molecule has 0 aliphatic carbocycles. The van der Waals surface area contributed by atoms with Crippen molar-refractivity contribution in [2.45, 2.75) is 44.6 Å². The monoisotopic (exact) mass is 373 g/mol. The molecule has 26 heavy (non-hydrogen) atoms. The predicted molar refractivity (Wildman–Crippen MR) is 102 cm³/mol. The number of hydrogen-bond acceptors (Lipinski definition) is 2. The summed E-state index contributed by atoms with van der Waals surface area (Å²) in [6.45, 7) is 2.35. The Labute approximate surface area is 158 Å². The number of halogens is 1. The maximum atomic E-state index is 13.2. The number of piperidine rings is 1. The number of carbonyl (C=O) groups is 2. The number of amides is 2. The third-order valence-electron chi connectivity index (χ3n) is 5.65. The van der Waals surface area contributed by atoms with Gasteiger partial charge in [-0.05, 0) is 38.2 Å². The van der Waals surface area contributed by atoms with E-state index < -0.39 is 0 Å². The lowest BCUT2D eigenvalue weighted by Gasteiger charge is -2.36. The summed E-state index contributed by atoms with van der Waals surface area (Å²) in [6.07, 6.45) is 5.60. The summed E-state index contributed by atoms with van der Waals surface area (Å²) in [6, 6.07) is 7.89. The molecule has 1 aromatic carbocycles. The van der Waals surface area contributed by atoms with E-state index in [1.165, 1.54) is 0 Å². The lowest BCUT2D eigenvalue weighted by molar-refractivity contribution is -0.127. The number of aromatic nitrogens is 1. The maximum absolute atomic E-state index is 13.2. The van der Waals surface area contributed by atoms with Crippen molar-refractivity contribution >= 4 is 34.3 Å². The number of nitrogens with zero attached hydrogens (tertiary/aromatic N) is 2. The van der Waals surface area contributed by atoms with E-state index >= 15 is 0 Å². The Hall–Kier alpha value is -2.01. The van der Waals surface area contributed by atoms with E-state index in [9.17, 15) is 9.59 Å². The summed E-state index contributed by atoms with van der Waals surface area (Å²) in [4.78, 5) is 32.1. The number of nitrogens with one attached hydrogen (secondary N) is 1. The number of benzene rings is 1. The van der Waals surface area contributed by atoms with E-state index in [0.29, 0.717) is 17.1 Å². The van der Waals surface area contributed by atoms with Gasteiger partial charge in [-0.3, -0.25) is 9.59 Å². The average Bonchev–Trinajstić information content (AvgIpc) is 3.23. The summed E-state index contributed by atoms with van der Waals surface area (Å²) < 4.78 is 0. The fraction of sp³-hybridized carbons (Fsp3) is 0.500. The van der Waals surface area contributed by atoms with Crippen LogP contribution in [0.5, 0.6) is 0 Å². The molecule has 0 bridgehead atoms. The first-order chi connectivity index (χ1) is 12.6. The summed E-state index contributed by atoms with van der Waals surface area (Å²) in [5.74, 6) is 0.223. The lowest BCUT2D eigenvalue weighted by atomic mass is 9.98. The summed E-state index contributed by atoms with van der Waals surface area (Å²) in [5, 5.41) is 1.39. The van der Waals surface area contributed by atoms with Gasteiger partial charge in [-0.25, -0.2) is 0 Å². The van der Waals surface area contributed by atoms with Gasteiger partial charge in [0.15, 0.2) is 0 Å². The van der Waals surface area contributed by atoms with E-state index in [-0.39, 0.29) is 17.9 Å². The van der Waals surface area contributed by atoms with E-state index in [2.05, 4.69) is 4.98 Å². The van der Waals surface area contributed by atoms with Crippen molar-refractivity contribution in [3.05, 3.63) is 35.0 Å². The number of H-pyrrole nitrogens is 1. The van der Waals surface area contributed by atoms with Crippen LogP contribution < -0.4 is 0 Å². The van der Waals surface area contributed by atoms with Gasteiger partial charge >= 0.3 is 0 Å². The third-order valence-corrected chi connectivity index (χ3v) is 6.04.